The van der Waals surface area contributed by atoms with Crippen LogP contribution in [0.4, 0.5) is 0 Å². The van der Waals surface area contributed by atoms with Crippen molar-refractivity contribution in [1.82, 2.24) is 14.5 Å². The van der Waals surface area contributed by atoms with Gasteiger partial charge < -0.3 is 14.2 Å². The molecule has 6 heteroatoms. The number of carbonyl (C=O) groups excluding carboxylic acids is 1. The number of nitrogens with zero attached hydrogens (tertiary/aromatic N) is 3. The lowest BCUT2D eigenvalue weighted by Gasteiger charge is -2.56. The zero-order chi connectivity index (χ0) is 21.3. The van der Waals surface area contributed by atoms with Gasteiger partial charge in [0.1, 0.15) is 0 Å². The SMILES string of the molecule is C=C1C2CC1C2=CN1[C@@H]2CC[C@H]1C[C@@H](n1c(=O)c(C(=O)OCC)nc3ccccc31)C2. The van der Waals surface area contributed by atoms with Gasteiger partial charge in [0.05, 0.1) is 17.6 Å². The number of benzene rings is 1. The highest BCUT2D eigenvalue weighted by molar-refractivity contribution is 5.89. The molecule has 3 saturated carbocycles. The Morgan fingerprint density at radius 2 is 1.87 bits per heavy atom. The van der Waals surface area contributed by atoms with Crippen molar-refractivity contribution in [1.29, 1.82) is 0 Å². The summed E-state index contributed by atoms with van der Waals surface area (Å²) in [4.78, 5) is 32.8. The number of allylic oxidation sites excluding steroid dienone is 2. The molecule has 5 fully saturated rings. The van der Waals surface area contributed by atoms with E-state index >= 15 is 0 Å². The zero-order valence-electron chi connectivity index (χ0n) is 17.8. The van der Waals surface area contributed by atoms with Gasteiger partial charge in [-0.25, -0.2) is 9.78 Å². The topological polar surface area (TPSA) is 64.4 Å². The lowest BCUT2D eigenvalue weighted by molar-refractivity contribution is 0.0516. The highest BCUT2D eigenvalue weighted by atomic mass is 16.5. The van der Waals surface area contributed by atoms with Crippen molar-refractivity contribution in [2.45, 2.75) is 57.2 Å². The summed E-state index contributed by atoms with van der Waals surface area (Å²) in [5, 5.41) is 0. The molecule has 160 valence electrons. The number of para-hydroxylation sites is 2. The lowest BCUT2D eigenvalue weighted by atomic mass is 9.49. The van der Waals surface area contributed by atoms with E-state index in [4.69, 9.17) is 4.74 Å². The van der Waals surface area contributed by atoms with E-state index in [-0.39, 0.29) is 23.9 Å². The van der Waals surface area contributed by atoms with Crippen LogP contribution in [-0.2, 0) is 4.74 Å². The molecular formula is C25H27N3O3. The molecule has 1 aromatic carbocycles. The molecule has 0 spiro atoms. The molecule has 0 amide bonds. The van der Waals surface area contributed by atoms with Gasteiger partial charge in [0.15, 0.2) is 0 Å². The number of esters is 1. The van der Waals surface area contributed by atoms with E-state index in [2.05, 4.69) is 22.7 Å². The van der Waals surface area contributed by atoms with E-state index < -0.39 is 5.97 Å². The standard InChI is InChI=1S/C25H27N3O3/c1-3-31-25(30)23-24(29)28(22-7-5-4-6-21(22)26-23)17-10-15-8-9-16(11-17)27(15)13-20-18-12-19(20)14(18)2/h4-7,13,15-19H,2-3,8-12H2,1H3/t15-,16+,17+,18?,19?. The van der Waals surface area contributed by atoms with Crippen LogP contribution in [0.5, 0.6) is 0 Å². The Morgan fingerprint density at radius 1 is 1.16 bits per heavy atom. The Morgan fingerprint density at radius 3 is 2.52 bits per heavy atom. The molecule has 2 unspecified atom stereocenters. The third-order valence-corrected chi connectivity index (χ3v) is 7.86. The molecule has 31 heavy (non-hydrogen) atoms. The summed E-state index contributed by atoms with van der Waals surface area (Å²) in [6, 6.07) is 8.54. The monoisotopic (exact) mass is 417 g/mol. The molecule has 0 radical (unpaired) electrons. The molecule has 5 atom stereocenters. The highest BCUT2D eigenvalue weighted by Crippen LogP contribution is 2.62. The van der Waals surface area contributed by atoms with Crippen molar-refractivity contribution in [2.75, 3.05) is 6.61 Å². The lowest BCUT2D eigenvalue weighted by Crippen LogP contribution is -2.48. The molecule has 3 aliphatic carbocycles. The van der Waals surface area contributed by atoms with Crippen LogP contribution in [-0.4, -0.2) is 39.1 Å². The van der Waals surface area contributed by atoms with Gasteiger partial charge in [-0.2, -0.15) is 0 Å². The fourth-order valence-corrected chi connectivity index (χ4v) is 6.11. The van der Waals surface area contributed by atoms with Crippen LogP contribution in [0.15, 0.2) is 53.0 Å². The maximum absolute atomic E-state index is 13.4. The van der Waals surface area contributed by atoms with Crippen LogP contribution in [0.25, 0.3) is 11.0 Å². The third-order valence-electron chi connectivity index (χ3n) is 7.86. The first-order valence-corrected chi connectivity index (χ1v) is 11.4. The number of hydrogen-bond acceptors (Lipinski definition) is 5. The van der Waals surface area contributed by atoms with Gasteiger partial charge in [-0.05, 0) is 56.7 Å². The van der Waals surface area contributed by atoms with Gasteiger partial charge in [0.2, 0.25) is 5.69 Å². The van der Waals surface area contributed by atoms with Crippen molar-refractivity contribution in [3.8, 4) is 0 Å². The second-order valence-corrected chi connectivity index (χ2v) is 9.35. The van der Waals surface area contributed by atoms with Gasteiger partial charge in [0, 0.05) is 36.2 Å². The molecule has 2 aliphatic heterocycles. The molecule has 1 aromatic heterocycles. The van der Waals surface area contributed by atoms with Gasteiger partial charge in [-0.15, -0.1) is 0 Å². The highest BCUT2D eigenvalue weighted by Gasteiger charge is 2.52. The van der Waals surface area contributed by atoms with Crippen molar-refractivity contribution < 1.29 is 9.53 Å². The fourth-order valence-electron chi connectivity index (χ4n) is 6.11. The third kappa shape index (κ3) is 2.66. The van der Waals surface area contributed by atoms with Gasteiger partial charge in [-0.1, -0.05) is 24.3 Å². The van der Waals surface area contributed by atoms with Crippen molar-refractivity contribution in [2.24, 2.45) is 11.8 Å². The smallest absolute Gasteiger partial charge is 0.362 e. The molecule has 2 aromatic rings. The van der Waals surface area contributed by atoms with Crippen molar-refractivity contribution in [3.63, 3.8) is 0 Å². The average Bonchev–Trinajstić information content (AvgIpc) is 2.97. The number of rotatable bonds is 4. The summed E-state index contributed by atoms with van der Waals surface area (Å²) in [6.45, 7) is 6.13. The second-order valence-electron chi connectivity index (χ2n) is 9.35. The van der Waals surface area contributed by atoms with Gasteiger partial charge in [-0.3, -0.25) is 4.79 Å². The van der Waals surface area contributed by atoms with E-state index in [0.29, 0.717) is 29.4 Å². The van der Waals surface area contributed by atoms with Crippen LogP contribution in [0.3, 0.4) is 0 Å². The number of fused-ring (bicyclic) bond motifs is 3. The van der Waals surface area contributed by atoms with Crippen LogP contribution in [0, 0.1) is 11.8 Å². The normalized spacial score (nSPS) is 30.7. The van der Waals surface area contributed by atoms with Gasteiger partial charge >= 0.3 is 5.97 Å². The van der Waals surface area contributed by atoms with E-state index in [1.165, 1.54) is 12.0 Å². The van der Waals surface area contributed by atoms with Gasteiger partial charge in [0.25, 0.3) is 5.56 Å². The van der Waals surface area contributed by atoms with Crippen molar-refractivity contribution >= 4 is 17.0 Å². The second kappa shape index (κ2) is 6.81. The molecule has 2 saturated heterocycles. The Kier molecular flexibility index (Phi) is 4.14. The molecule has 6 nitrogen and oxygen atoms in total. The summed E-state index contributed by atoms with van der Waals surface area (Å²) in [5.74, 6) is 0.614. The number of aromatic nitrogens is 2. The minimum absolute atomic E-state index is 0.0617. The number of carbonyl (C=O) groups is 1. The fraction of sp³-hybridized carbons (Fsp3) is 0.480. The van der Waals surface area contributed by atoms with E-state index in [9.17, 15) is 9.59 Å². The summed E-state index contributed by atoms with van der Waals surface area (Å²) in [5.41, 5.74) is 4.00. The quantitative estimate of drug-likeness (QED) is 0.559. The minimum Gasteiger partial charge on any atom is -0.461 e. The summed E-state index contributed by atoms with van der Waals surface area (Å²) in [6.07, 6.45) is 7.84. The van der Waals surface area contributed by atoms with Crippen LogP contribution < -0.4 is 5.56 Å². The van der Waals surface area contributed by atoms with E-state index in [1.807, 2.05) is 28.8 Å². The van der Waals surface area contributed by atoms with Crippen LogP contribution in [0.1, 0.15) is 55.6 Å². The molecule has 7 rings (SSSR count). The zero-order valence-corrected chi connectivity index (χ0v) is 17.8. The largest absolute Gasteiger partial charge is 0.461 e. The molecule has 3 heterocycles. The maximum Gasteiger partial charge on any atom is 0.362 e. The van der Waals surface area contributed by atoms with E-state index in [0.717, 1.165) is 31.2 Å². The molecular weight excluding hydrogens is 390 g/mol. The number of piperidine rings is 1. The first kappa shape index (κ1) is 18.8. The molecule has 4 bridgehead atoms. The first-order valence-electron chi connectivity index (χ1n) is 11.4. The van der Waals surface area contributed by atoms with Crippen LogP contribution in [0.2, 0.25) is 0 Å². The van der Waals surface area contributed by atoms with E-state index in [1.54, 1.807) is 12.5 Å². The summed E-state index contributed by atoms with van der Waals surface area (Å²) >= 11 is 0. The predicted octanol–water partition coefficient (Wildman–Crippen LogP) is 3.83. The summed E-state index contributed by atoms with van der Waals surface area (Å²) < 4.78 is 6.95. The maximum atomic E-state index is 13.4. The van der Waals surface area contributed by atoms with Crippen LogP contribution >= 0.6 is 0 Å². The Bertz CT molecular complexity index is 1170. The minimum atomic E-state index is -0.637. The summed E-state index contributed by atoms with van der Waals surface area (Å²) in [7, 11) is 0. The Hall–Kier alpha value is -2.89. The Labute approximate surface area is 181 Å². The average molecular weight is 418 g/mol. The molecule has 5 aliphatic rings. The molecule has 0 N–H and O–H groups in total. The Balaban J connectivity index is 1.36. The first-order chi connectivity index (χ1) is 15.1. The predicted molar refractivity (Wildman–Crippen MR) is 118 cm³/mol. The number of ether oxygens (including phenoxy) is 1. The van der Waals surface area contributed by atoms with Crippen molar-refractivity contribution in [3.05, 3.63) is 64.2 Å². The number of hydrogen-bond donors (Lipinski definition) is 0.